The van der Waals surface area contributed by atoms with Crippen molar-refractivity contribution in [3.63, 3.8) is 0 Å². The lowest BCUT2D eigenvalue weighted by atomic mass is 9.85. The Morgan fingerprint density at radius 3 is 2.50 bits per heavy atom. The molecule has 1 aromatic rings. The van der Waals surface area contributed by atoms with Gasteiger partial charge in [0.2, 0.25) is 0 Å². The molecule has 0 N–H and O–H groups in total. The highest BCUT2D eigenvalue weighted by atomic mass is 28.3. The summed E-state index contributed by atoms with van der Waals surface area (Å²) in [5.41, 5.74) is 2.46. The fraction of sp³-hybridized carbons (Fsp3) is 0.500. The zero-order valence-corrected chi connectivity index (χ0v) is 15.1. The van der Waals surface area contributed by atoms with Crippen molar-refractivity contribution in [2.45, 2.75) is 51.3 Å². The number of hydrogen-bond donors (Lipinski definition) is 0. The molecule has 0 bridgehead atoms. The second-order valence-corrected chi connectivity index (χ2v) is 11.3. The van der Waals surface area contributed by atoms with E-state index in [1.54, 1.807) is 0 Å². The third-order valence-electron chi connectivity index (χ3n) is 4.74. The summed E-state index contributed by atoms with van der Waals surface area (Å²) in [6.07, 6.45) is 11.2. The summed E-state index contributed by atoms with van der Waals surface area (Å²) in [6, 6.07) is 10.9. The first-order valence-electron chi connectivity index (χ1n) is 8.61. The highest BCUT2D eigenvalue weighted by Gasteiger charge is 2.24. The standard InChI is InChI=1S/C20H30OSi/c1-4-16-21-20(18-11-7-5-8-12-18)15-17-22(2,3)19-13-9-6-10-14-19/h4,6,9-10,13-15,17-18,20H,1,5,7-8,11-12,16H2,2-3H3/b17-15+. The van der Waals surface area contributed by atoms with Crippen molar-refractivity contribution in [1.82, 2.24) is 0 Å². The fourth-order valence-electron chi connectivity index (χ4n) is 3.29. The van der Waals surface area contributed by atoms with Crippen LogP contribution in [0.1, 0.15) is 32.1 Å². The smallest absolute Gasteiger partial charge is 0.103 e. The quantitative estimate of drug-likeness (QED) is 0.516. The van der Waals surface area contributed by atoms with Gasteiger partial charge in [-0.15, -0.1) is 6.58 Å². The average Bonchev–Trinajstić information content (AvgIpc) is 2.56. The Morgan fingerprint density at radius 1 is 1.18 bits per heavy atom. The minimum atomic E-state index is -1.53. The second-order valence-electron chi connectivity index (χ2n) is 6.93. The van der Waals surface area contributed by atoms with Crippen LogP contribution in [0.3, 0.4) is 0 Å². The molecule has 1 saturated carbocycles. The third kappa shape index (κ3) is 4.96. The Balaban J connectivity index is 2.08. The Hall–Kier alpha value is -1.12. The lowest BCUT2D eigenvalue weighted by Crippen LogP contribution is -2.40. The SMILES string of the molecule is C=CCOC(/C=C/[Si](C)(C)c1ccccc1)C1CCCCC1. The molecule has 1 unspecified atom stereocenters. The van der Waals surface area contributed by atoms with Gasteiger partial charge in [0.15, 0.2) is 0 Å². The van der Waals surface area contributed by atoms with Crippen LogP contribution in [0, 0.1) is 5.92 Å². The van der Waals surface area contributed by atoms with Gasteiger partial charge >= 0.3 is 0 Å². The summed E-state index contributed by atoms with van der Waals surface area (Å²) < 4.78 is 6.08. The van der Waals surface area contributed by atoms with E-state index in [0.717, 1.165) is 0 Å². The van der Waals surface area contributed by atoms with Crippen molar-refractivity contribution in [3.8, 4) is 0 Å². The molecule has 2 heteroatoms. The van der Waals surface area contributed by atoms with E-state index in [-0.39, 0.29) is 6.10 Å². The normalized spacial score (nSPS) is 18.5. The maximum Gasteiger partial charge on any atom is 0.103 e. The Kier molecular flexibility index (Phi) is 6.65. The molecular weight excluding hydrogens is 284 g/mol. The van der Waals surface area contributed by atoms with E-state index in [0.29, 0.717) is 12.5 Å². The van der Waals surface area contributed by atoms with Gasteiger partial charge in [0.25, 0.3) is 0 Å². The summed E-state index contributed by atoms with van der Waals surface area (Å²) in [5, 5.41) is 1.48. The van der Waals surface area contributed by atoms with Crippen LogP contribution >= 0.6 is 0 Å². The van der Waals surface area contributed by atoms with Crippen LogP contribution in [0.15, 0.2) is 54.8 Å². The summed E-state index contributed by atoms with van der Waals surface area (Å²) >= 11 is 0. The maximum atomic E-state index is 6.08. The minimum Gasteiger partial charge on any atom is -0.370 e. The number of ether oxygens (including phenoxy) is 1. The van der Waals surface area contributed by atoms with Gasteiger partial charge in [0, 0.05) is 0 Å². The van der Waals surface area contributed by atoms with E-state index < -0.39 is 8.07 Å². The summed E-state index contributed by atoms with van der Waals surface area (Å²) in [5.74, 6) is 0.686. The predicted octanol–water partition coefficient (Wildman–Crippen LogP) is 4.85. The van der Waals surface area contributed by atoms with Gasteiger partial charge in [-0.25, -0.2) is 0 Å². The summed E-state index contributed by atoms with van der Waals surface area (Å²) in [6.45, 7) is 9.26. The number of benzene rings is 1. The van der Waals surface area contributed by atoms with Crippen molar-refractivity contribution >= 4 is 13.3 Å². The highest BCUT2D eigenvalue weighted by molar-refractivity contribution is 6.93. The summed E-state index contributed by atoms with van der Waals surface area (Å²) in [4.78, 5) is 0. The molecule has 0 radical (unpaired) electrons. The van der Waals surface area contributed by atoms with Gasteiger partial charge in [-0.3, -0.25) is 0 Å². The molecular formula is C20H30OSi. The lowest BCUT2D eigenvalue weighted by Gasteiger charge is -2.29. The maximum absolute atomic E-state index is 6.08. The van der Waals surface area contributed by atoms with Gasteiger partial charge < -0.3 is 4.74 Å². The molecule has 120 valence electrons. The molecule has 0 aliphatic heterocycles. The molecule has 1 nitrogen and oxygen atoms in total. The Bertz CT molecular complexity index is 472. The molecule has 1 aliphatic carbocycles. The Labute approximate surface area is 137 Å². The zero-order valence-electron chi connectivity index (χ0n) is 14.1. The topological polar surface area (TPSA) is 9.23 Å². The highest BCUT2D eigenvalue weighted by Crippen LogP contribution is 2.29. The number of rotatable bonds is 7. The molecule has 0 amide bonds. The molecule has 1 aromatic carbocycles. The van der Waals surface area contributed by atoms with E-state index in [1.165, 1.54) is 37.3 Å². The largest absolute Gasteiger partial charge is 0.370 e. The van der Waals surface area contributed by atoms with E-state index in [2.05, 4.69) is 61.8 Å². The molecule has 22 heavy (non-hydrogen) atoms. The molecule has 1 atom stereocenters. The van der Waals surface area contributed by atoms with Crippen LogP contribution in [0.4, 0.5) is 0 Å². The van der Waals surface area contributed by atoms with Crippen LogP contribution in [-0.4, -0.2) is 20.8 Å². The van der Waals surface area contributed by atoms with Crippen molar-refractivity contribution in [3.05, 3.63) is 54.8 Å². The molecule has 0 saturated heterocycles. The molecule has 2 rings (SSSR count). The van der Waals surface area contributed by atoms with Gasteiger partial charge in [-0.1, -0.05) is 85.7 Å². The van der Waals surface area contributed by atoms with Crippen LogP contribution in [0.25, 0.3) is 0 Å². The van der Waals surface area contributed by atoms with Gasteiger partial charge in [-0.05, 0) is 18.8 Å². The first-order chi connectivity index (χ1) is 10.6. The van der Waals surface area contributed by atoms with Crippen molar-refractivity contribution in [1.29, 1.82) is 0 Å². The van der Waals surface area contributed by atoms with E-state index in [1.807, 2.05) is 6.08 Å². The zero-order chi connectivity index (χ0) is 15.8. The third-order valence-corrected chi connectivity index (χ3v) is 7.59. The lowest BCUT2D eigenvalue weighted by molar-refractivity contribution is 0.0493. The van der Waals surface area contributed by atoms with Crippen molar-refractivity contribution in [2.24, 2.45) is 5.92 Å². The van der Waals surface area contributed by atoms with E-state index in [4.69, 9.17) is 4.74 Å². The molecule has 0 spiro atoms. The molecule has 1 aliphatic rings. The van der Waals surface area contributed by atoms with Gasteiger partial charge in [-0.2, -0.15) is 0 Å². The van der Waals surface area contributed by atoms with Crippen molar-refractivity contribution in [2.75, 3.05) is 6.61 Å². The summed E-state index contributed by atoms with van der Waals surface area (Å²) in [7, 11) is -1.53. The van der Waals surface area contributed by atoms with Gasteiger partial charge in [0.05, 0.1) is 12.7 Å². The monoisotopic (exact) mass is 314 g/mol. The van der Waals surface area contributed by atoms with Crippen LogP contribution < -0.4 is 5.19 Å². The van der Waals surface area contributed by atoms with Crippen LogP contribution in [0.2, 0.25) is 13.1 Å². The fourth-order valence-corrected chi connectivity index (χ4v) is 5.20. The Morgan fingerprint density at radius 2 is 1.86 bits per heavy atom. The van der Waals surface area contributed by atoms with Crippen LogP contribution in [-0.2, 0) is 4.74 Å². The van der Waals surface area contributed by atoms with E-state index in [9.17, 15) is 0 Å². The first kappa shape index (κ1) is 17.2. The second kappa shape index (κ2) is 8.49. The van der Waals surface area contributed by atoms with Crippen LogP contribution in [0.5, 0.6) is 0 Å². The first-order valence-corrected chi connectivity index (χ1v) is 11.7. The van der Waals surface area contributed by atoms with E-state index >= 15 is 0 Å². The molecule has 1 fully saturated rings. The molecule has 0 aromatic heterocycles. The average molecular weight is 315 g/mol. The van der Waals surface area contributed by atoms with Crippen molar-refractivity contribution < 1.29 is 4.74 Å². The number of hydrogen-bond acceptors (Lipinski definition) is 1. The minimum absolute atomic E-state index is 0.258. The predicted molar refractivity (Wildman–Crippen MR) is 99.2 cm³/mol. The molecule has 0 heterocycles. The van der Waals surface area contributed by atoms with Gasteiger partial charge in [0.1, 0.15) is 8.07 Å².